The van der Waals surface area contributed by atoms with Gasteiger partial charge in [-0.1, -0.05) is 66.7 Å². The van der Waals surface area contributed by atoms with Gasteiger partial charge in [-0.25, -0.2) is 0 Å². The molecule has 3 aromatic carbocycles. The van der Waals surface area contributed by atoms with E-state index in [0.29, 0.717) is 36.6 Å². The second-order valence-electron chi connectivity index (χ2n) is 10.2. The molecule has 4 rings (SSSR count). The summed E-state index contributed by atoms with van der Waals surface area (Å²) >= 11 is 0. The fraction of sp³-hybridized carbons (Fsp3) is 0.367. The van der Waals surface area contributed by atoms with Crippen molar-refractivity contribution in [3.05, 3.63) is 101 Å². The molecule has 0 unspecified atom stereocenters. The molecule has 40 heavy (non-hydrogen) atoms. The average molecular weight is 565 g/mol. The fourth-order valence-electron chi connectivity index (χ4n) is 4.99. The molecular formula is C30H30F6N2O2. The van der Waals surface area contributed by atoms with Crippen molar-refractivity contribution in [3.8, 4) is 0 Å². The number of rotatable bonds is 8. The first kappa shape index (κ1) is 29.6. The second kappa shape index (κ2) is 12.0. The fourth-order valence-corrected chi connectivity index (χ4v) is 4.99. The van der Waals surface area contributed by atoms with Crippen LogP contribution in [0.25, 0.3) is 0 Å². The van der Waals surface area contributed by atoms with Gasteiger partial charge in [0.25, 0.3) is 5.60 Å². The zero-order valence-corrected chi connectivity index (χ0v) is 21.6. The number of carbonyl (C=O) groups excluding carboxylic acids is 1. The van der Waals surface area contributed by atoms with E-state index in [0.717, 1.165) is 49.2 Å². The Kier molecular flexibility index (Phi) is 8.90. The smallest absolute Gasteiger partial charge is 0.369 e. The Balaban J connectivity index is 1.25. The van der Waals surface area contributed by atoms with Gasteiger partial charge in [0, 0.05) is 17.8 Å². The maximum Gasteiger partial charge on any atom is 0.430 e. The first-order valence-corrected chi connectivity index (χ1v) is 13.0. The van der Waals surface area contributed by atoms with E-state index in [9.17, 15) is 36.2 Å². The molecule has 1 aliphatic heterocycles. The maximum absolute atomic E-state index is 13.1. The number of nitrogens with one attached hydrogen (secondary N) is 1. The van der Waals surface area contributed by atoms with Crippen molar-refractivity contribution in [1.29, 1.82) is 0 Å². The van der Waals surface area contributed by atoms with Crippen LogP contribution in [0.3, 0.4) is 0 Å². The van der Waals surface area contributed by atoms with E-state index < -0.39 is 23.5 Å². The van der Waals surface area contributed by atoms with E-state index in [1.165, 1.54) is 12.1 Å². The number of hydrogen-bond donors (Lipinski definition) is 2. The van der Waals surface area contributed by atoms with Gasteiger partial charge < -0.3 is 10.4 Å². The molecular weight excluding hydrogens is 534 g/mol. The molecule has 1 aliphatic rings. The average Bonchev–Trinajstić information content (AvgIpc) is 2.90. The first-order chi connectivity index (χ1) is 18.8. The highest BCUT2D eigenvalue weighted by Crippen LogP contribution is 2.50. The number of benzene rings is 3. The molecule has 0 aromatic heterocycles. The third-order valence-corrected chi connectivity index (χ3v) is 7.28. The minimum absolute atomic E-state index is 0.0858. The minimum Gasteiger partial charge on any atom is -0.369 e. The van der Waals surface area contributed by atoms with E-state index in [-0.39, 0.29) is 5.91 Å². The Bertz CT molecular complexity index is 1240. The first-order valence-electron chi connectivity index (χ1n) is 13.0. The highest BCUT2D eigenvalue weighted by Gasteiger charge is 2.71. The van der Waals surface area contributed by atoms with Crippen molar-refractivity contribution in [3.63, 3.8) is 0 Å². The van der Waals surface area contributed by atoms with E-state index in [1.54, 1.807) is 0 Å². The zero-order chi connectivity index (χ0) is 29.0. The molecule has 4 nitrogen and oxygen atoms in total. The van der Waals surface area contributed by atoms with Crippen LogP contribution in [0.5, 0.6) is 0 Å². The van der Waals surface area contributed by atoms with Gasteiger partial charge in [-0.05, 0) is 67.1 Å². The molecule has 1 fully saturated rings. The quantitative estimate of drug-likeness (QED) is 0.302. The van der Waals surface area contributed by atoms with Crippen molar-refractivity contribution in [2.75, 3.05) is 18.4 Å². The summed E-state index contributed by atoms with van der Waals surface area (Å²) in [4.78, 5) is 14.4. The van der Waals surface area contributed by atoms with Crippen LogP contribution < -0.4 is 5.32 Å². The van der Waals surface area contributed by atoms with Crippen molar-refractivity contribution >= 4 is 11.6 Å². The third kappa shape index (κ3) is 7.03. The van der Waals surface area contributed by atoms with Gasteiger partial charge in [-0.3, -0.25) is 9.69 Å². The number of alkyl halides is 6. The van der Waals surface area contributed by atoms with Crippen LogP contribution in [-0.4, -0.2) is 41.4 Å². The zero-order valence-electron chi connectivity index (χ0n) is 21.6. The number of aliphatic hydroxyl groups is 1. The normalized spacial score (nSPS) is 15.7. The third-order valence-electron chi connectivity index (χ3n) is 7.28. The summed E-state index contributed by atoms with van der Waals surface area (Å²) in [7, 11) is 0. The van der Waals surface area contributed by atoms with Crippen LogP contribution >= 0.6 is 0 Å². The number of anilines is 1. The lowest BCUT2D eigenvalue weighted by atomic mass is 9.89. The molecule has 1 amide bonds. The molecule has 1 heterocycles. The Morgan fingerprint density at radius 2 is 1.32 bits per heavy atom. The lowest BCUT2D eigenvalue weighted by Crippen LogP contribution is -2.53. The van der Waals surface area contributed by atoms with Crippen LogP contribution in [0.2, 0.25) is 0 Å². The highest BCUT2D eigenvalue weighted by molar-refractivity contribution is 5.92. The molecule has 0 aliphatic carbocycles. The number of hydrogen-bond acceptors (Lipinski definition) is 3. The van der Waals surface area contributed by atoms with Gasteiger partial charge in [0.2, 0.25) is 5.91 Å². The second-order valence-corrected chi connectivity index (χ2v) is 10.2. The van der Waals surface area contributed by atoms with Gasteiger partial charge in [-0.15, -0.1) is 0 Å². The number of piperidine rings is 1. The van der Waals surface area contributed by atoms with Gasteiger partial charge in [0.05, 0.1) is 6.42 Å². The molecule has 0 atom stereocenters. The Hall–Kier alpha value is -3.37. The number of likely N-dealkylation sites (tertiary alicyclic amines) is 1. The molecule has 2 N–H and O–H groups in total. The maximum atomic E-state index is 13.1. The lowest BCUT2D eigenvalue weighted by Gasteiger charge is -2.33. The van der Waals surface area contributed by atoms with Crippen LogP contribution in [0.4, 0.5) is 32.0 Å². The number of amides is 1. The topological polar surface area (TPSA) is 52.6 Å². The summed E-state index contributed by atoms with van der Waals surface area (Å²) in [6, 6.07) is 21.0. The number of carbonyl (C=O) groups is 1. The molecule has 0 radical (unpaired) electrons. The van der Waals surface area contributed by atoms with Crippen LogP contribution in [-0.2, 0) is 29.8 Å². The molecule has 3 aromatic rings. The van der Waals surface area contributed by atoms with Gasteiger partial charge in [0.1, 0.15) is 0 Å². The van der Waals surface area contributed by atoms with Crippen molar-refractivity contribution in [2.45, 2.75) is 50.2 Å². The molecule has 214 valence electrons. The standard InChI is InChI=1S/C30H30F6N2O2/c31-29(32,33)28(40,30(34,35)36)25-10-6-24(7-11-25)20-38-16-14-23(15-17-38)18-22-8-12-26(13-9-22)37-27(39)19-21-4-2-1-3-5-21/h1-13,23,40H,14-20H2,(H,37,39). The van der Waals surface area contributed by atoms with Crippen molar-refractivity contribution < 1.29 is 36.2 Å². The van der Waals surface area contributed by atoms with E-state index >= 15 is 0 Å². The van der Waals surface area contributed by atoms with E-state index in [2.05, 4.69) is 10.2 Å². The molecule has 1 saturated heterocycles. The van der Waals surface area contributed by atoms with Crippen LogP contribution in [0.15, 0.2) is 78.9 Å². The molecule has 0 spiro atoms. The summed E-state index contributed by atoms with van der Waals surface area (Å²) in [6.45, 7) is 1.88. The summed E-state index contributed by atoms with van der Waals surface area (Å²) < 4.78 is 78.6. The monoisotopic (exact) mass is 564 g/mol. The largest absolute Gasteiger partial charge is 0.430 e. The van der Waals surface area contributed by atoms with Gasteiger partial charge in [0.15, 0.2) is 0 Å². The van der Waals surface area contributed by atoms with E-state index in [4.69, 9.17) is 0 Å². The van der Waals surface area contributed by atoms with Crippen molar-refractivity contribution in [2.24, 2.45) is 5.92 Å². The van der Waals surface area contributed by atoms with E-state index in [1.807, 2.05) is 54.6 Å². The SMILES string of the molecule is O=C(Cc1ccccc1)Nc1ccc(CC2CCN(Cc3ccc(C(O)(C(F)(F)F)C(F)(F)F)cc3)CC2)cc1. The Morgan fingerprint density at radius 1 is 0.775 bits per heavy atom. The number of nitrogens with zero attached hydrogens (tertiary/aromatic N) is 1. The van der Waals surface area contributed by atoms with Gasteiger partial charge >= 0.3 is 12.4 Å². The predicted octanol–water partition coefficient (Wildman–Crippen LogP) is 6.63. The van der Waals surface area contributed by atoms with Crippen LogP contribution in [0.1, 0.15) is 35.1 Å². The summed E-state index contributed by atoms with van der Waals surface area (Å²) in [5.74, 6) is 0.350. The Labute approximate surface area is 228 Å². The molecule has 0 bridgehead atoms. The summed E-state index contributed by atoms with van der Waals surface area (Å²) in [5.41, 5.74) is -2.78. The molecule has 0 saturated carbocycles. The van der Waals surface area contributed by atoms with Crippen molar-refractivity contribution in [1.82, 2.24) is 4.90 Å². The minimum atomic E-state index is -5.90. The Morgan fingerprint density at radius 3 is 1.88 bits per heavy atom. The summed E-state index contributed by atoms with van der Waals surface area (Å²) in [5, 5.41) is 12.5. The summed E-state index contributed by atoms with van der Waals surface area (Å²) in [6.07, 6.45) is -8.83. The lowest BCUT2D eigenvalue weighted by molar-refractivity contribution is -0.376. The van der Waals surface area contributed by atoms with Crippen LogP contribution in [0, 0.1) is 5.92 Å². The number of halogens is 6. The highest BCUT2D eigenvalue weighted by atomic mass is 19.4. The molecule has 10 heteroatoms. The van der Waals surface area contributed by atoms with Gasteiger partial charge in [-0.2, -0.15) is 26.3 Å². The predicted molar refractivity (Wildman–Crippen MR) is 139 cm³/mol.